The summed E-state index contributed by atoms with van der Waals surface area (Å²) in [6, 6.07) is 7.22. The molecule has 0 aliphatic carbocycles. The fourth-order valence-corrected chi connectivity index (χ4v) is 1.85. The first kappa shape index (κ1) is 11.3. The zero-order valence-electron chi connectivity index (χ0n) is 9.89. The summed E-state index contributed by atoms with van der Waals surface area (Å²) < 4.78 is 1.70. The Balaban J connectivity index is 1.99. The second-order valence-corrected chi connectivity index (χ2v) is 4.07. The largest absolute Gasteiger partial charge is 0.478 e. The molecule has 0 spiro atoms. The molecule has 3 aromatic rings. The highest BCUT2D eigenvalue weighted by Crippen LogP contribution is 2.14. The number of nitrogens with zero attached hydrogens (tertiary/aromatic N) is 4. The highest BCUT2D eigenvalue weighted by atomic mass is 16.4. The van der Waals surface area contributed by atoms with Gasteiger partial charge in [0.05, 0.1) is 24.0 Å². The van der Waals surface area contributed by atoms with E-state index in [1.54, 1.807) is 23.1 Å². The number of carboxylic acids is 1. The van der Waals surface area contributed by atoms with Crippen LogP contribution >= 0.6 is 0 Å². The minimum atomic E-state index is -0.994. The lowest BCUT2D eigenvalue weighted by Crippen LogP contribution is -2.04. The Morgan fingerprint density at radius 1 is 1.26 bits per heavy atom. The molecule has 94 valence electrons. The van der Waals surface area contributed by atoms with Gasteiger partial charge in [-0.15, -0.1) is 0 Å². The van der Waals surface area contributed by atoms with Crippen LogP contribution in [0.3, 0.4) is 0 Å². The normalized spacial score (nSPS) is 10.7. The van der Waals surface area contributed by atoms with Crippen LogP contribution in [0, 0.1) is 0 Å². The maximum atomic E-state index is 10.9. The molecule has 0 unspecified atom stereocenters. The average Bonchev–Trinajstić information content (AvgIpc) is 2.82. The van der Waals surface area contributed by atoms with Crippen LogP contribution in [0.15, 0.2) is 42.9 Å². The standard InChI is InChI=1S/C13H10N4O2/c18-13(19)10-5-9-7-16-17(12(9)15-6-10)8-11-3-1-2-4-14-11/h1-7H,8H2,(H,18,19). The van der Waals surface area contributed by atoms with E-state index in [9.17, 15) is 4.79 Å². The highest BCUT2D eigenvalue weighted by Gasteiger charge is 2.09. The predicted octanol–water partition coefficient (Wildman–Crippen LogP) is 1.57. The predicted molar refractivity (Wildman–Crippen MR) is 67.8 cm³/mol. The van der Waals surface area contributed by atoms with Crippen molar-refractivity contribution in [1.29, 1.82) is 0 Å². The van der Waals surface area contributed by atoms with Gasteiger partial charge in [0.1, 0.15) is 0 Å². The third-order valence-electron chi connectivity index (χ3n) is 2.76. The maximum absolute atomic E-state index is 10.9. The van der Waals surface area contributed by atoms with Crippen molar-refractivity contribution in [3.05, 3.63) is 54.1 Å². The summed E-state index contributed by atoms with van der Waals surface area (Å²) in [6.07, 6.45) is 4.66. The van der Waals surface area contributed by atoms with E-state index in [4.69, 9.17) is 5.11 Å². The van der Waals surface area contributed by atoms with Crippen LogP contribution in [0.4, 0.5) is 0 Å². The van der Waals surface area contributed by atoms with Crippen molar-refractivity contribution in [2.24, 2.45) is 0 Å². The van der Waals surface area contributed by atoms with Crippen LogP contribution < -0.4 is 0 Å². The van der Waals surface area contributed by atoms with Crippen LogP contribution in [-0.4, -0.2) is 30.8 Å². The number of hydrogen-bond acceptors (Lipinski definition) is 4. The number of hydrogen-bond donors (Lipinski definition) is 1. The van der Waals surface area contributed by atoms with Crippen molar-refractivity contribution in [3.63, 3.8) is 0 Å². The molecule has 0 fully saturated rings. The molecule has 0 amide bonds. The second kappa shape index (κ2) is 4.49. The number of aromatic nitrogens is 4. The smallest absolute Gasteiger partial charge is 0.337 e. The molecule has 3 aromatic heterocycles. The maximum Gasteiger partial charge on any atom is 0.337 e. The van der Waals surface area contributed by atoms with E-state index < -0.39 is 5.97 Å². The van der Waals surface area contributed by atoms with Crippen LogP contribution in [0.1, 0.15) is 16.1 Å². The number of fused-ring (bicyclic) bond motifs is 1. The third kappa shape index (κ3) is 2.15. The quantitative estimate of drug-likeness (QED) is 0.767. The SMILES string of the molecule is O=C(O)c1cnc2c(cnn2Cc2ccccn2)c1. The van der Waals surface area contributed by atoms with E-state index in [0.717, 1.165) is 5.69 Å². The fourth-order valence-electron chi connectivity index (χ4n) is 1.85. The minimum Gasteiger partial charge on any atom is -0.478 e. The lowest BCUT2D eigenvalue weighted by atomic mass is 10.2. The lowest BCUT2D eigenvalue weighted by Gasteiger charge is -2.02. The van der Waals surface area contributed by atoms with Crippen molar-refractivity contribution in [1.82, 2.24) is 19.7 Å². The molecule has 0 radical (unpaired) electrons. The summed E-state index contributed by atoms with van der Waals surface area (Å²) in [4.78, 5) is 19.2. The van der Waals surface area contributed by atoms with Crippen molar-refractivity contribution >= 4 is 17.0 Å². The van der Waals surface area contributed by atoms with Gasteiger partial charge in [-0.2, -0.15) is 5.10 Å². The number of pyridine rings is 2. The summed E-state index contributed by atoms with van der Waals surface area (Å²) in [5.41, 5.74) is 1.68. The van der Waals surface area contributed by atoms with Crippen LogP contribution in [-0.2, 0) is 6.54 Å². The van der Waals surface area contributed by atoms with Crippen molar-refractivity contribution in [2.45, 2.75) is 6.54 Å². The molecule has 0 bridgehead atoms. The third-order valence-corrected chi connectivity index (χ3v) is 2.76. The summed E-state index contributed by atoms with van der Waals surface area (Å²) in [6.45, 7) is 0.504. The number of aromatic carboxylic acids is 1. The Morgan fingerprint density at radius 2 is 2.16 bits per heavy atom. The first-order chi connectivity index (χ1) is 9.24. The van der Waals surface area contributed by atoms with Gasteiger partial charge >= 0.3 is 5.97 Å². The van der Waals surface area contributed by atoms with E-state index in [1.165, 1.54) is 6.20 Å². The fraction of sp³-hybridized carbons (Fsp3) is 0.0769. The van der Waals surface area contributed by atoms with E-state index in [1.807, 2.05) is 18.2 Å². The highest BCUT2D eigenvalue weighted by molar-refractivity contribution is 5.91. The topological polar surface area (TPSA) is 80.9 Å². The second-order valence-electron chi connectivity index (χ2n) is 4.07. The Kier molecular flexibility index (Phi) is 2.68. The van der Waals surface area contributed by atoms with Gasteiger partial charge < -0.3 is 5.11 Å². The average molecular weight is 254 g/mol. The van der Waals surface area contributed by atoms with E-state index in [-0.39, 0.29) is 5.56 Å². The van der Waals surface area contributed by atoms with Gasteiger partial charge in [-0.3, -0.25) is 4.98 Å². The molecule has 6 nitrogen and oxygen atoms in total. The van der Waals surface area contributed by atoms with Gasteiger partial charge in [-0.1, -0.05) is 6.07 Å². The summed E-state index contributed by atoms with van der Waals surface area (Å²) in [5, 5.41) is 13.8. The van der Waals surface area contributed by atoms with Gasteiger partial charge in [0, 0.05) is 17.8 Å². The molecule has 6 heteroatoms. The van der Waals surface area contributed by atoms with Gasteiger partial charge in [0.15, 0.2) is 5.65 Å². The van der Waals surface area contributed by atoms with Gasteiger partial charge in [0.25, 0.3) is 0 Å². The first-order valence-electron chi connectivity index (χ1n) is 5.69. The van der Waals surface area contributed by atoms with E-state index >= 15 is 0 Å². The number of rotatable bonds is 3. The van der Waals surface area contributed by atoms with Gasteiger partial charge in [-0.25, -0.2) is 14.5 Å². The molecular formula is C13H10N4O2. The van der Waals surface area contributed by atoms with Gasteiger partial charge in [-0.05, 0) is 18.2 Å². The van der Waals surface area contributed by atoms with Crippen LogP contribution in [0.25, 0.3) is 11.0 Å². The summed E-state index contributed by atoms with van der Waals surface area (Å²) in [5.74, 6) is -0.994. The molecule has 0 aliphatic heterocycles. The first-order valence-corrected chi connectivity index (χ1v) is 5.69. The molecule has 0 saturated heterocycles. The van der Waals surface area contributed by atoms with Crippen LogP contribution in [0.5, 0.6) is 0 Å². The molecule has 19 heavy (non-hydrogen) atoms. The lowest BCUT2D eigenvalue weighted by molar-refractivity contribution is 0.0696. The zero-order chi connectivity index (χ0) is 13.2. The Labute approximate surface area is 108 Å². The zero-order valence-corrected chi connectivity index (χ0v) is 9.89. The Morgan fingerprint density at radius 3 is 2.89 bits per heavy atom. The molecule has 0 atom stereocenters. The molecule has 3 heterocycles. The van der Waals surface area contributed by atoms with Crippen LogP contribution in [0.2, 0.25) is 0 Å². The van der Waals surface area contributed by atoms with E-state index in [0.29, 0.717) is 17.6 Å². The molecule has 0 aliphatic rings. The molecular weight excluding hydrogens is 244 g/mol. The Hall–Kier alpha value is -2.76. The number of carboxylic acid groups (broad SMARTS) is 1. The summed E-state index contributed by atoms with van der Waals surface area (Å²) >= 11 is 0. The summed E-state index contributed by atoms with van der Waals surface area (Å²) in [7, 11) is 0. The molecule has 0 saturated carbocycles. The van der Waals surface area contributed by atoms with Crippen molar-refractivity contribution in [2.75, 3.05) is 0 Å². The molecule has 3 rings (SSSR count). The minimum absolute atomic E-state index is 0.157. The van der Waals surface area contributed by atoms with Gasteiger partial charge in [0.2, 0.25) is 0 Å². The number of carbonyl (C=O) groups is 1. The monoisotopic (exact) mass is 254 g/mol. The molecule has 0 aromatic carbocycles. The van der Waals surface area contributed by atoms with E-state index in [2.05, 4.69) is 15.1 Å². The Bertz CT molecular complexity index is 737. The van der Waals surface area contributed by atoms with Crippen molar-refractivity contribution in [3.8, 4) is 0 Å². The van der Waals surface area contributed by atoms with Crippen molar-refractivity contribution < 1.29 is 9.90 Å². The molecule has 1 N–H and O–H groups in total.